The quantitative estimate of drug-likeness (QED) is 0.625. The van der Waals surface area contributed by atoms with Crippen LogP contribution in [0.3, 0.4) is 0 Å². The molecule has 0 radical (unpaired) electrons. The molecule has 150 valence electrons. The van der Waals surface area contributed by atoms with Gasteiger partial charge in [-0.2, -0.15) is 4.98 Å². The van der Waals surface area contributed by atoms with Crippen LogP contribution in [0.4, 0.5) is 0 Å². The predicted molar refractivity (Wildman–Crippen MR) is 109 cm³/mol. The van der Waals surface area contributed by atoms with Crippen LogP contribution in [0.5, 0.6) is 5.75 Å². The van der Waals surface area contributed by atoms with E-state index in [-0.39, 0.29) is 17.9 Å². The van der Waals surface area contributed by atoms with Gasteiger partial charge in [-0.3, -0.25) is 4.79 Å². The smallest absolute Gasteiger partial charge is 0.257 e. The van der Waals surface area contributed by atoms with Crippen LogP contribution in [0.2, 0.25) is 0 Å². The maximum atomic E-state index is 12.5. The van der Waals surface area contributed by atoms with Crippen LogP contribution in [0.15, 0.2) is 53.1 Å². The van der Waals surface area contributed by atoms with Gasteiger partial charge in [0.1, 0.15) is 5.75 Å². The van der Waals surface area contributed by atoms with Gasteiger partial charge in [-0.05, 0) is 50.6 Å². The third-order valence-corrected chi connectivity index (χ3v) is 4.99. The van der Waals surface area contributed by atoms with Crippen molar-refractivity contribution in [1.29, 1.82) is 0 Å². The van der Waals surface area contributed by atoms with Gasteiger partial charge in [0.05, 0.1) is 6.10 Å². The van der Waals surface area contributed by atoms with Gasteiger partial charge < -0.3 is 14.2 Å². The lowest BCUT2D eigenvalue weighted by Crippen LogP contribution is -2.24. The van der Waals surface area contributed by atoms with Crippen LogP contribution in [-0.4, -0.2) is 33.6 Å². The van der Waals surface area contributed by atoms with E-state index in [1.807, 2.05) is 74.2 Å². The highest BCUT2D eigenvalue weighted by Gasteiger charge is 2.33. The molecular weight excluding hydrogens is 366 g/mol. The molecule has 6 heteroatoms. The molecule has 3 aromatic rings. The zero-order valence-corrected chi connectivity index (χ0v) is 17.0. The molecule has 1 fully saturated rings. The second-order valence-electron chi connectivity index (χ2n) is 7.81. The number of ether oxygens (including phenoxy) is 1. The Morgan fingerprint density at radius 2 is 1.86 bits per heavy atom. The molecule has 1 aliphatic heterocycles. The van der Waals surface area contributed by atoms with Crippen molar-refractivity contribution in [3.63, 3.8) is 0 Å². The average molecular weight is 391 g/mol. The molecule has 0 spiro atoms. The Balaban J connectivity index is 1.41. The van der Waals surface area contributed by atoms with E-state index < -0.39 is 0 Å². The summed E-state index contributed by atoms with van der Waals surface area (Å²) >= 11 is 0. The predicted octanol–water partition coefficient (Wildman–Crippen LogP) is 4.35. The van der Waals surface area contributed by atoms with E-state index in [4.69, 9.17) is 9.26 Å². The molecule has 0 bridgehead atoms. The Hall–Kier alpha value is -3.15. The lowest BCUT2D eigenvalue weighted by molar-refractivity contribution is -0.128. The van der Waals surface area contributed by atoms with Gasteiger partial charge in [-0.25, -0.2) is 0 Å². The number of benzene rings is 2. The van der Waals surface area contributed by atoms with Gasteiger partial charge in [0.25, 0.3) is 5.89 Å². The van der Waals surface area contributed by atoms with Crippen LogP contribution >= 0.6 is 0 Å². The Morgan fingerprint density at radius 3 is 2.55 bits per heavy atom. The summed E-state index contributed by atoms with van der Waals surface area (Å²) in [6.07, 6.45) is 0.544. The highest BCUT2D eigenvalue weighted by Crippen LogP contribution is 2.29. The molecule has 1 amide bonds. The first-order chi connectivity index (χ1) is 14.0. The summed E-state index contributed by atoms with van der Waals surface area (Å²) in [5.74, 6) is 1.99. The second kappa shape index (κ2) is 8.07. The molecule has 1 unspecified atom stereocenters. The second-order valence-corrected chi connectivity index (χ2v) is 7.81. The van der Waals surface area contributed by atoms with Crippen molar-refractivity contribution >= 4 is 5.91 Å². The Bertz CT molecular complexity index is 977. The van der Waals surface area contributed by atoms with Gasteiger partial charge in [-0.1, -0.05) is 35.0 Å². The number of nitrogens with zero attached hydrogens (tertiary/aromatic N) is 3. The Morgan fingerprint density at radius 1 is 1.14 bits per heavy atom. The first kappa shape index (κ1) is 19.2. The van der Waals surface area contributed by atoms with Crippen molar-refractivity contribution < 1.29 is 14.1 Å². The molecular formula is C23H25N3O3. The number of carbonyl (C=O) groups is 1. The topological polar surface area (TPSA) is 68.5 Å². The minimum absolute atomic E-state index is 0.0472. The molecule has 29 heavy (non-hydrogen) atoms. The fraction of sp³-hybridized carbons (Fsp3) is 0.348. The SMILES string of the molecule is Cc1ccc(-c2nc(C3CC(=O)N(Cc4ccc(OC(C)C)cc4)C3)no2)cc1. The van der Waals surface area contributed by atoms with Crippen LogP contribution < -0.4 is 4.74 Å². The maximum absolute atomic E-state index is 12.5. The zero-order chi connectivity index (χ0) is 20.4. The zero-order valence-electron chi connectivity index (χ0n) is 17.0. The van der Waals surface area contributed by atoms with Crippen molar-refractivity contribution in [3.05, 3.63) is 65.5 Å². The third kappa shape index (κ3) is 4.47. The summed E-state index contributed by atoms with van der Waals surface area (Å²) in [5, 5.41) is 4.13. The van der Waals surface area contributed by atoms with Crippen LogP contribution in [-0.2, 0) is 11.3 Å². The first-order valence-electron chi connectivity index (χ1n) is 9.92. The average Bonchev–Trinajstić information content (AvgIpc) is 3.31. The third-order valence-electron chi connectivity index (χ3n) is 4.99. The van der Waals surface area contributed by atoms with E-state index in [9.17, 15) is 4.79 Å². The number of likely N-dealkylation sites (tertiary alicyclic amines) is 1. The van der Waals surface area contributed by atoms with Gasteiger partial charge in [0.15, 0.2) is 5.82 Å². The molecule has 1 atom stereocenters. The van der Waals surface area contributed by atoms with Gasteiger partial charge in [0, 0.05) is 31.0 Å². The van der Waals surface area contributed by atoms with Crippen LogP contribution in [0.25, 0.3) is 11.5 Å². The monoisotopic (exact) mass is 391 g/mol. The van der Waals surface area contributed by atoms with E-state index >= 15 is 0 Å². The molecule has 2 heterocycles. The Labute approximate surface area is 170 Å². The highest BCUT2D eigenvalue weighted by molar-refractivity contribution is 5.79. The molecule has 1 aliphatic rings. The number of aromatic nitrogens is 2. The maximum Gasteiger partial charge on any atom is 0.257 e. The number of hydrogen-bond acceptors (Lipinski definition) is 5. The fourth-order valence-electron chi connectivity index (χ4n) is 3.48. The van der Waals surface area contributed by atoms with E-state index in [2.05, 4.69) is 10.1 Å². The summed E-state index contributed by atoms with van der Waals surface area (Å²) in [5.41, 5.74) is 3.14. The van der Waals surface area contributed by atoms with E-state index in [1.165, 1.54) is 5.56 Å². The van der Waals surface area contributed by atoms with E-state index in [1.54, 1.807) is 0 Å². The summed E-state index contributed by atoms with van der Waals surface area (Å²) in [7, 11) is 0. The summed E-state index contributed by atoms with van der Waals surface area (Å²) in [4.78, 5) is 18.9. The largest absolute Gasteiger partial charge is 0.491 e. The molecule has 2 aromatic carbocycles. The van der Waals surface area contributed by atoms with Crippen molar-refractivity contribution in [2.24, 2.45) is 0 Å². The number of rotatable bonds is 6. The molecule has 1 saturated heterocycles. The number of aryl methyl sites for hydroxylation is 1. The van der Waals surface area contributed by atoms with Gasteiger partial charge in [0.2, 0.25) is 5.91 Å². The minimum Gasteiger partial charge on any atom is -0.491 e. The molecule has 1 aromatic heterocycles. The first-order valence-corrected chi connectivity index (χ1v) is 9.92. The van der Waals surface area contributed by atoms with Crippen molar-refractivity contribution in [2.75, 3.05) is 6.54 Å². The molecule has 0 saturated carbocycles. The molecule has 6 nitrogen and oxygen atoms in total. The highest BCUT2D eigenvalue weighted by atomic mass is 16.5. The lowest BCUT2D eigenvalue weighted by Gasteiger charge is -2.17. The van der Waals surface area contributed by atoms with Crippen LogP contribution in [0.1, 0.15) is 43.1 Å². The normalized spacial score (nSPS) is 16.6. The lowest BCUT2D eigenvalue weighted by atomic mass is 10.1. The summed E-state index contributed by atoms with van der Waals surface area (Å²) in [6.45, 7) is 7.20. The fourth-order valence-corrected chi connectivity index (χ4v) is 3.48. The summed E-state index contributed by atoms with van der Waals surface area (Å²) < 4.78 is 11.1. The Kier molecular flexibility index (Phi) is 5.34. The number of hydrogen-bond donors (Lipinski definition) is 0. The standard InChI is InChI=1S/C23H25N3O3/c1-15(2)28-20-10-6-17(7-11-20)13-26-14-19(12-21(26)27)22-24-23(29-25-22)18-8-4-16(3)5-9-18/h4-11,15,19H,12-14H2,1-3H3. The van der Waals surface area contributed by atoms with E-state index in [0.717, 1.165) is 16.9 Å². The minimum atomic E-state index is -0.0472. The van der Waals surface area contributed by atoms with Crippen molar-refractivity contribution in [1.82, 2.24) is 15.0 Å². The summed E-state index contributed by atoms with van der Waals surface area (Å²) in [6, 6.07) is 15.8. The van der Waals surface area contributed by atoms with Crippen molar-refractivity contribution in [2.45, 2.75) is 45.8 Å². The van der Waals surface area contributed by atoms with Crippen molar-refractivity contribution in [3.8, 4) is 17.2 Å². The molecule has 0 N–H and O–H groups in total. The van der Waals surface area contributed by atoms with E-state index in [0.29, 0.717) is 31.2 Å². The van der Waals surface area contributed by atoms with Crippen LogP contribution in [0, 0.1) is 6.92 Å². The van der Waals surface area contributed by atoms with Gasteiger partial charge >= 0.3 is 0 Å². The molecule has 0 aliphatic carbocycles. The number of carbonyl (C=O) groups excluding carboxylic acids is 1. The van der Waals surface area contributed by atoms with Gasteiger partial charge in [-0.15, -0.1) is 0 Å². The molecule has 4 rings (SSSR count). The number of amides is 1.